The smallest absolute Gasteiger partial charge is 0.429 e. The Kier molecular flexibility index (Phi) is 6.32. The lowest BCUT2D eigenvalue weighted by Crippen LogP contribution is -2.12. The molecule has 0 rings (SSSR count). The number of allylic oxidation sites excluding steroid dienone is 3. The summed E-state index contributed by atoms with van der Waals surface area (Å²) in [7, 11) is -1.57. The minimum Gasteiger partial charge on any atom is -0.429 e. The van der Waals surface area contributed by atoms with Crippen LogP contribution >= 0.6 is 0 Å². The Balaban J connectivity index is 4.55. The first-order valence-electron chi connectivity index (χ1n) is 4.33. The van der Waals surface area contributed by atoms with E-state index in [0.717, 1.165) is 12.3 Å². The third-order valence-corrected chi connectivity index (χ3v) is 1.44. The molecule has 0 fully saturated rings. The van der Waals surface area contributed by atoms with E-state index < -0.39 is 18.9 Å². The van der Waals surface area contributed by atoms with Crippen LogP contribution in [0.25, 0.3) is 0 Å². The number of halogens is 3. The lowest BCUT2D eigenvalue weighted by atomic mass is 9.82. The van der Waals surface area contributed by atoms with Gasteiger partial charge in [0, 0.05) is 12.5 Å². The van der Waals surface area contributed by atoms with E-state index in [1.807, 2.05) is 0 Å². The second-order valence-corrected chi connectivity index (χ2v) is 2.74. The zero-order valence-corrected chi connectivity index (χ0v) is 8.31. The quantitative estimate of drug-likeness (QED) is 0.331. The van der Waals surface area contributed by atoms with Gasteiger partial charge in [-0.3, -0.25) is 4.99 Å². The van der Waals surface area contributed by atoms with Gasteiger partial charge >= 0.3 is 13.2 Å². The Morgan fingerprint density at radius 1 is 1.50 bits per heavy atom. The Morgan fingerprint density at radius 2 is 2.12 bits per heavy atom. The molecular formula is C8H10BF3N2O2. The number of rotatable bonds is 6. The third kappa shape index (κ3) is 6.12. The van der Waals surface area contributed by atoms with E-state index in [-0.39, 0.29) is 12.7 Å². The Labute approximate surface area is 90.7 Å². The van der Waals surface area contributed by atoms with E-state index in [9.17, 15) is 18.1 Å². The minimum atomic E-state index is -4.57. The standard InChI is InChI=1S/C8H10BF3N2O2/c1-2-3-4-7(8(10,11)12)13-6-5-9(15)14-16/h2,4,6,15H,1,3,5H2/b7-4-,13-6?. The van der Waals surface area contributed by atoms with E-state index in [0.29, 0.717) is 0 Å². The summed E-state index contributed by atoms with van der Waals surface area (Å²) in [5.41, 5.74) is -1.09. The number of alkyl halides is 3. The Hall–Kier alpha value is -1.44. The number of nitroso groups, excluding NO2 is 1. The highest BCUT2D eigenvalue weighted by atomic mass is 19.4. The van der Waals surface area contributed by atoms with Crippen LogP contribution in [0.4, 0.5) is 13.2 Å². The molecule has 0 bridgehead atoms. The molecule has 88 valence electrons. The van der Waals surface area contributed by atoms with Crippen molar-refractivity contribution in [2.75, 3.05) is 0 Å². The summed E-state index contributed by atoms with van der Waals surface area (Å²) in [4.78, 5) is 12.9. The van der Waals surface area contributed by atoms with E-state index in [4.69, 9.17) is 5.02 Å². The van der Waals surface area contributed by atoms with Crippen LogP contribution in [-0.4, -0.2) is 24.5 Å². The molecule has 0 amide bonds. The zero-order valence-electron chi connectivity index (χ0n) is 8.31. The van der Waals surface area contributed by atoms with Crippen LogP contribution < -0.4 is 0 Å². The number of nitrogens with zero attached hydrogens (tertiary/aromatic N) is 2. The molecule has 0 radical (unpaired) electrons. The van der Waals surface area contributed by atoms with Gasteiger partial charge in [0.15, 0.2) is 0 Å². The van der Waals surface area contributed by atoms with Crippen LogP contribution in [0, 0.1) is 4.91 Å². The molecular weight excluding hydrogens is 224 g/mol. The highest BCUT2D eigenvalue weighted by Crippen LogP contribution is 2.26. The highest BCUT2D eigenvalue weighted by Gasteiger charge is 2.33. The molecule has 0 aliphatic rings. The first-order chi connectivity index (χ1) is 7.41. The van der Waals surface area contributed by atoms with Crippen molar-refractivity contribution in [2.24, 2.45) is 10.1 Å². The molecule has 0 unspecified atom stereocenters. The van der Waals surface area contributed by atoms with Gasteiger partial charge in [-0.2, -0.15) is 18.1 Å². The van der Waals surface area contributed by atoms with Crippen molar-refractivity contribution < 1.29 is 18.2 Å². The van der Waals surface area contributed by atoms with E-state index in [1.54, 1.807) is 0 Å². The summed E-state index contributed by atoms with van der Waals surface area (Å²) in [6.07, 6.45) is -1.95. The van der Waals surface area contributed by atoms with Gasteiger partial charge in [-0.1, -0.05) is 11.2 Å². The second-order valence-electron chi connectivity index (χ2n) is 2.74. The fraction of sp³-hybridized carbons (Fsp3) is 0.375. The molecule has 0 atom stereocenters. The number of hydrogen-bond acceptors (Lipinski definition) is 4. The normalized spacial score (nSPS) is 12.9. The van der Waals surface area contributed by atoms with Gasteiger partial charge in [0.25, 0.3) is 0 Å². The van der Waals surface area contributed by atoms with Crippen molar-refractivity contribution in [3.8, 4) is 0 Å². The monoisotopic (exact) mass is 234 g/mol. The average Bonchev–Trinajstić information content (AvgIpc) is 2.20. The van der Waals surface area contributed by atoms with Gasteiger partial charge < -0.3 is 5.02 Å². The summed E-state index contributed by atoms with van der Waals surface area (Å²) < 4.78 is 36.9. The van der Waals surface area contributed by atoms with Crippen LogP contribution in [-0.2, 0) is 0 Å². The van der Waals surface area contributed by atoms with Crippen molar-refractivity contribution in [1.29, 1.82) is 0 Å². The van der Waals surface area contributed by atoms with Crippen LogP contribution in [0.2, 0.25) is 6.32 Å². The van der Waals surface area contributed by atoms with Gasteiger partial charge in [-0.05, 0) is 12.5 Å². The number of hydrogen-bond donors (Lipinski definition) is 1. The molecule has 8 heteroatoms. The molecule has 0 aromatic heterocycles. The molecule has 0 aromatic carbocycles. The third-order valence-electron chi connectivity index (χ3n) is 1.44. The summed E-state index contributed by atoms with van der Waals surface area (Å²) in [5.74, 6) is 0. The molecule has 0 saturated carbocycles. The fourth-order valence-corrected chi connectivity index (χ4v) is 0.725. The maximum Gasteiger partial charge on any atom is 0.488 e. The summed E-state index contributed by atoms with van der Waals surface area (Å²) in [5, 5.41) is 10.9. The largest absolute Gasteiger partial charge is 0.488 e. The summed E-state index contributed by atoms with van der Waals surface area (Å²) >= 11 is 0. The molecule has 0 aromatic rings. The average molecular weight is 234 g/mol. The molecule has 0 aliphatic heterocycles. The van der Waals surface area contributed by atoms with E-state index >= 15 is 0 Å². The zero-order chi connectivity index (χ0) is 12.6. The van der Waals surface area contributed by atoms with Gasteiger partial charge in [0.1, 0.15) is 5.70 Å². The van der Waals surface area contributed by atoms with Crippen molar-refractivity contribution in [2.45, 2.75) is 18.9 Å². The molecule has 16 heavy (non-hydrogen) atoms. The minimum absolute atomic E-state index is 0.0284. The Bertz CT molecular complexity index is 302. The molecule has 0 saturated heterocycles. The maximum absolute atomic E-state index is 12.3. The van der Waals surface area contributed by atoms with Crippen molar-refractivity contribution in [3.05, 3.63) is 29.3 Å². The lowest BCUT2D eigenvalue weighted by molar-refractivity contribution is -0.0924. The highest BCUT2D eigenvalue weighted by molar-refractivity contribution is 6.51. The maximum atomic E-state index is 12.3. The first kappa shape index (κ1) is 14.6. The SMILES string of the molecule is C=CC/C=C(\N=CCB(O)N=O)C(F)(F)F. The topological polar surface area (TPSA) is 62.0 Å². The van der Waals surface area contributed by atoms with Crippen LogP contribution in [0.15, 0.2) is 34.5 Å². The van der Waals surface area contributed by atoms with Crippen LogP contribution in [0.1, 0.15) is 6.42 Å². The van der Waals surface area contributed by atoms with Crippen molar-refractivity contribution in [1.82, 2.24) is 0 Å². The lowest BCUT2D eigenvalue weighted by Gasteiger charge is -2.05. The van der Waals surface area contributed by atoms with Crippen molar-refractivity contribution in [3.63, 3.8) is 0 Å². The molecule has 4 nitrogen and oxygen atoms in total. The molecule has 0 heterocycles. The molecule has 1 N–H and O–H groups in total. The summed E-state index contributed by atoms with van der Waals surface area (Å²) in [6, 6.07) is 0. The summed E-state index contributed by atoms with van der Waals surface area (Å²) in [6.45, 7) is 3.28. The van der Waals surface area contributed by atoms with Crippen LogP contribution in [0.5, 0.6) is 0 Å². The van der Waals surface area contributed by atoms with Gasteiger partial charge in [-0.15, -0.1) is 6.58 Å². The van der Waals surface area contributed by atoms with Gasteiger partial charge in [0.2, 0.25) is 0 Å². The van der Waals surface area contributed by atoms with Gasteiger partial charge in [0.05, 0.1) is 0 Å². The first-order valence-corrected chi connectivity index (χ1v) is 4.33. The fourth-order valence-electron chi connectivity index (χ4n) is 0.725. The predicted octanol–water partition coefficient (Wildman–Crippen LogP) is 2.33. The van der Waals surface area contributed by atoms with Crippen LogP contribution in [0.3, 0.4) is 0 Å². The van der Waals surface area contributed by atoms with Gasteiger partial charge in [-0.25, -0.2) is 0 Å². The molecule has 0 aliphatic carbocycles. The molecule has 0 spiro atoms. The van der Waals surface area contributed by atoms with E-state index in [1.165, 1.54) is 6.08 Å². The van der Waals surface area contributed by atoms with Crippen molar-refractivity contribution >= 4 is 13.3 Å². The van der Waals surface area contributed by atoms with E-state index in [2.05, 4.69) is 16.7 Å². The predicted molar refractivity (Wildman–Crippen MR) is 56.0 cm³/mol. The second kappa shape index (κ2) is 6.94. The number of aliphatic imine (C=N–C) groups is 1. The Morgan fingerprint density at radius 3 is 2.56 bits per heavy atom.